The maximum atomic E-state index is 11.7. The van der Waals surface area contributed by atoms with Gasteiger partial charge in [0.05, 0.1) is 19.8 Å². The monoisotopic (exact) mass is 283 g/mol. The number of carbonyl (C=O) groups is 1. The number of hydrogen-bond acceptors (Lipinski definition) is 5. The van der Waals surface area contributed by atoms with Crippen LogP contribution in [0.1, 0.15) is 50.0 Å². The van der Waals surface area contributed by atoms with Gasteiger partial charge in [-0.3, -0.25) is 0 Å². The minimum atomic E-state index is -0.505. The molecule has 0 bridgehead atoms. The summed E-state index contributed by atoms with van der Waals surface area (Å²) in [6.07, 6.45) is 0.691. The fraction of sp³-hybridized carbons (Fsp3) is 0.714. The van der Waals surface area contributed by atoms with Crippen LogP contribution in [0.25, 0.3) is 0 Å². The van der Waals surface area contributed by atoms with Gasteiger partial charge in [-0.05, 0) is 12.8 Å². The molecule has 1 unspecified atom stereocenters. The van der Waals surface area contributed by atoms with Crippen molar-refractivity contribution in [1.82, 2.24) is 9.55 Å². The molecule has 0 radical (unpaired) electrons. The Morgan fingerprint density at radius 1 is 1.40 bits per heavy atom. The van der Waals surface area contributed by atoms with Gasteiger partial charge in [0.1, 0.15) is 11.6 Å². The van der Waals surface area contributed by atoms with Crippen molar-refractivity contribution in [3.05, 3.63) is 11.5 Å². The van der Waals surface area contributed by atoms with E-state index in [9.17, 15) is 4.79 Å². The number of anilines is 1. The number of rotatable bonds is 7. The zero-order chi connectivity index (χ0) is 15.3. The molecule has 0 spiro atoms. The number of imidazole rings is 1. The third-order valence-corrected chi connectivity index (χ3v) is 3.31. The summed E-state index contributed by atoms with van der Waals surface area (Å²) in [5, 5.41) is 0. The smallest absolute Gasteiger partial charge is 0.360 e. The van der Waals surface area contributed by atoms with Crippen molar-refractivity contribution in [2.24, 2.45) is 5.92 Å². The Morgan fingerprint density at radius 3 is 2.50 bits per heavy atom. The molecule has 0 aromatic carbocycles. The largest absolute Gasteiger partial charge is 0.464 e. The normalized spacial score (nSPS) is 12.7. The van der Waals surface area contributed by atoms with Crippen molar-refractivity contribution in [3.8, 4) is 0 Å². The molecule has 6 nitrogen and oxygen atoms in total. The number of nitrogens with zero attached hydrogens (tertiary/aromatic N) is 2. The molecule has 1 aromatic rings. The lowest BCUT2D eigenvalue weighted by molar-refractivity contribution is 0.0595. The lowest BCUT2D eigenvalue weighted by atomic mass is 10.0. The second-order valence-corrected chi connectivity index (χ2v) is 4.95. The molecule has 1 heterocycles. The molecule has 6 heteroatoms. The molecular weight excluding hydrogens is 258 g/mol. The minimum absolute atomic E-state index is 0.0517. The van der Waals surface area contributed by atoms with Crippen LogP contribution in [-0.2, 0) is 15.9 Å². The molecule has 1 aromatic heterocycles. The molecule has 1 rings (SSSR count). The summed E-state index contributed by atoms with van der Waals surface area (Å²) < 4.78 is 12.2. The number of methoxy groups -OCH3 is 1. The van der Waals surface area contributed by atoms with Gasteiger partial charge < -0.3 is 19.8 Å². The lowest BCUT2D eigenvalue weighted by Gasteiger charge is -2.25. The maximum absolute atomic E-state index is 11.7. The van der Waals surface area contributed by atoms with E-state index in [1.54, 1.807) is 0 Å². The van der Waals surface area contributed by atoms with Crippen molar-refractivity contribution < 1.29 is 14.3 Å². The number of aryl methyl sites for hydroxylation is 1. The molecule has 0 aliphatic heterocycles. The summed E-state index contributed by atoms with van der Waals surface area (Å²) in [6, 6.07) is 0.0517. The van der Waals surface area contributed by atoms with Crippen LogP contribution in [-0.4, -0.2) is 35.8 Å². The number of nitrogens with two attached hydrogens (primary N) is 1. The first kappa shape index (κ1) is 16.5. The van der Waals surface area contributed by atoms with Crippen LogP contribution >= 0.6 is 0 Å². The summed E-state index contributed by atoms with van der Waals surface area (Å²) in [4.78, 5) is 16.0. The van der Waals surface area contributed by atoms with E-state index >= 15 is 0 Å². The number of nitrogen functional groups attached to an aromatic ring is 1. The van der Waals surface area contributed by atoms with E-state index in [4.69, 9.17) is 15.2 Å². The standard InChI is InChI=1S/C14H25N3O3/c1-6-11-16-12(14(18)19-5)13(15)17(11)10(9(3)4)8-20-7-2/h9-10H,6-8,15H2,1-5H3. The van der Waals surface area contributed by atoms with E-state index in [0.29, 0.717) is 31.4 Å². The molecule has 0 amide bonds. The molecule has 2 N–H and O–H groups in total. The third-order valence-electron chi connectivity index (χ3n) is 3.31. The Kier molecular flexibility index (Phi) is 6.01. The van der Waals surface area contributed by atoms with E-state index in [1.165, 1.54) is 7.11 Å². The highest BCUT2D eigenvalue weighted by molar-refractivity contribution is 5.92. The van der Waals surface area contributed by atoms with Gasteiger partial charge in [0.2, 0.25) is 0 Å². The summed E-state index contributed by atoms with van der Waals surface area (Å²) in [7, 11) is 1.33. The highest BCUT2D eigenvalue weighted by Gasteiger charge is 2.26. The van der Waals surface area contributed by atoms with Gasteiger partial charge in [0.15, 0.2) is 5.69 Å². The topological polar surface area (TPSA) is 79.4 Å². The molecule has 0 aliphatic rings. The maximum Gasteiger partial charge on any atom is 0.360 e. The zero-order valence-electron chi connectivity index (χ0n) is 13.0. The lowest BCUT2D eigenvalue weighted by Crippen LogP contribution is -2.24. The van der Waals surface area contributed by atoms with Crippen molar-refractivity contribution in [1.29, 1.82) is 0 Å². The van der Waals surface area contributed by atoms with Crippen LogP contribution in [0.2, 0.25) is 0 Å². The Bertz CT molecular complexity index is 455. The van der Waals surface area contributed by atoms with Gasteiger partial charge in [-0.15, -0.1) is 0 Å². The van der Waals surface area contributed by atoms with Crippen LogP contribution < -0.4 is 5.73 Å². The Hall–Kier alpha value is -1.56. The van der Waals surface area contributed by atoms with Gasteiger partial charge in [-0.25, -0.2) is 9.78 Å². The average Bonchev–Trinajstić information content (AvgIpc) is 2.75. The molecule has 114 valence electrons. The SMILES string of the molecule is CCOCC(C(C)C)n1c(CC)nc(C(=O)OC)c1N. The fourth-order valence-corrected chi connectivity index (χ4v) is 2.16. The number of aromatic nitrogens is 2. The first-order valence-electron chi connectivity index (χ1n) is 7.00. The van der Waals surface area contributed by atoms with Crippen molar-refractivity contribution >= 4 is 11.8 Å². The fourth-order valence-electron chi connectivity index (χ4n) is 2.16. The summed E-state index contributed by atoms with van der Waals surface area (Å²) >= 11 is 0. The highest BCUT2D eigenvalue weighted by atomic mass is 16.5. The van der Waals surface area contributed by atoms with Gasteiger partial charge in [0.25, 0.3) is 0 Å². The van der Waals surface area contributed by atoms with E-state index in [-0.39, 0.29) is 11.7 Å². The van der Waals surface area contributed by atoms with Gasteiger partial charge in [-0.1, -0.05) is 20.8 Å². The molecule has 0 aliphatic carbocycles. The number of ether oxygens (including phenoxy) is 2. The number of esters is 1. The summed E-state index contributed by atoms with van der Waals surface area (Å²) in [5.41, 5.74) is 6.30. The van der Waals surface area contributed by atoms with E-state index in [2.05, 4.69) is 18.8 Å². The molecule has 1 atom stereocenters. The predicted molar refractivity (Wildman–Crippen MR) is 77.7 cm³/mol. The second-order valence-electron chi connectivity index (χ2n) is 4.95. The van der Waals surface area contributed by atoms with Gasteiger partial charge in [0, 0.05) is 13.0 Å². The number of hydrogen-bond donors (Lipinski definition) is 1. The van der Waals surface area contributed by atoms with Crippen LogP contribution in [0.15, 0.2) is 0 Å². The van der Waals surface area contributed by atoms with E-state index < -0.39 is 5.97 Å². The zero-order valence-corrected chi connectivity index (χ0v) is 13.0. The van der Waals surface area contributed by atoms with Crippen LogP contribution in [0.5, 0.6) is 0 Å². The molecule has 20 heavy (non-hydrogen) atoms. The summed E-state index contributed by atoms with van der Waals surface area (Å²) in [6.45, 7) is 9.32. The van der Waals surface area contributed by atoms with Crippen molar-refractivity contribution in [3.63, 3.8) is 0 Å². The Labute approximate surface area is 120 Å². The van der Waals surface area contributed by atoms with Crippen molar-refractivity contribution in [2.45, 2.75) is 40.2 Å². The Morgan fingerprint density at radius 2 is 2.05 bits per heavy atom. The second kappa shape index (κ2) is 7.28. The first-order chi connectivity index (χ1) is 9.47. The van der Waals surface area contributed by atoms with Gasteiger partial charge >= 0.3 is 5.97 Å². The van der Waals surface area contributed by atoms with E-state index in [0.717, 1.165) is 5.82 Å². The molecular formula is C14H25N3O3. The average molecular weight is 283 g/mol. The Balaban J connectivity index is 3.25. The quantitative estimate of drug-likeness (QED) is 0.775. The first-order valence-corrected chi connectivity index (χ1v) is 7.00. The van der Waals surface area contributed by atoms with Crippen LogP contribution in [0.3, 0.4) is 0 Å². The summed E-state index contributed by atoms with van der Waals surface area (Å²) in [5.74, 6) is 0.942. The number of carbonyl (C=O) groups excluding carboxylic acids is 1. The minimum Gasteiger partial charge on any atom is -0.464 e. The molecule has 0 fully saturated rings. The predicted octanol–water partition coefficient (Wildman–Crippen LogP) is 2.05. The van der Waals surface area contributed by atoms with Crippen LogP contribution in [0.4, 0.5) is 5.82 Å². The van der Waals surface area contributed by atoms with Gasteiger partial charge in [-0.2, -0.15) is 0 Å². The molecule has 0 saturated heterocycles. The van der Waals surface area contributed by atoms with Crippen molar-refractivity contribution in [2.75, 3.05) is 26.1 Å². The molecule has 0 saturated carbocycles. The van der Waals surface area contributed by atoms with Crippen LogP contribution in [0, 0.1) is 5.92 Å². The third kappa shape index (κ3) is 3.30. The highest BCUT2D eigenvalue weighted by Crippen LogP contribution is 2.27. The van der Waals surface area contributed by atoms with E-state index in [1.807, 2.05) is 18.4 Å².